The number of hydrazine groups is 1. The summed E-state index contributed by atoms with van der Waals surface area (Å²) in [6.45, 7) is 4.20. The molecule has 1 unspecified atom stereocenters. The average Bonchev–Trinajstić information content (AvgIpc) is 2.77. The Labute approximate surface area is 112 Å². The Kier molecular flexibility index (Phi) is 3.81. The van der Waals surface area contributed by atoms with Gasteiger partial charge in [-0.3, -0.25) is 5.84 Å². The van der Waals surface area contributed by atoms with Gasteiger partial charge < -0.3 is 0 Å². The van der Waals surface area contributed by atoms with Gasteiger partial charge in [0.2, 0.25) is 0 Å². The summed E-state index contributed by atoms with van der Waals surface area (Å²) in [5, 5.41) is 0. The summed E-state index contributed by atoms with van der Waals surface area (Å²) in [4.78, 5) is 3.81. The third-order valence-corrected chi connectivity index (χ3v) is 5.64. The lowest BCUT2D eigenvalue weighted by Crippen LogP contribution is -2.27. The molecule has 0 fully saturated rings. The number of hydrogen-bond acceptors (Lipinski definition) is 4. The minimum atomic E-state index is 0.105. The van der Waals surface area contributed by atoms with E-state index < -0.39 is 0 Å². The van der Waals surface area contributed by atoms with Crippen molar-refractivity contribution in [2.45, 2.75) is 19.9 Å². The quantitative estimate of drug-likeness (QED) is 0.668. The van der Waals surface area contributed by atoms with Crippen molar-refractivity contribution in [1.29, 1.82) is 0 Å². The third kappa shape index (κ3) is 2.38. The fourth-order valence-electron chi connectivity index (χ4n) is 1.54. The van der Waals surface area contributed by atoms with E-state index in [0.29, 0.717) is 0 Å². The van der Waals surface area contributed by atoms with Gasteiger partial charge in [-0.25, -0.2) is 5.43 Å². The minimum Gasteiger partial charge on any atom is -0.271 e. The van der Waals surface area contributed by atoms with Crippen LogP contribution in [0.25, 0.3) is 0 Å². The second kappa shape index (κ2) is 4.98. The highest BCUT2D eigenvalue weighted by atomic mass is 79.9. The Balaban J connectivity index is 2.36. The molecule has 2 heterocycles. The fraction of sp³-hybridized carbons (Fsp3) is 0.273. The van der Waals surface area contributed by atoms with Crippen LogP contribution in [-0.2, 0) is 0 Å². The molecule has 2 aromatic rings. The third-order valence-electron chi connectivity index (χ3n) is 2.37. The molecule has 0 aliphatic heterocycles. The van der Waals surface area contributed by atoms with Crippen LogP contribution >= 0.6 is 38.6 Å². The molecule has 0 radical (unpaired) electrons. The predicted octanol–water partition coefficient (Wildman–Crippen LogP) is 3.74. The largest absolute Gasteiger partial charge is 0.271 e. The Morgan fingerprint density at radius 2 is 2.00 bits per heavy atom. The Morgan fingerprint density at radius 1 is 1.25 bits per heavy atom. The highest BCUT2D eigenvalue weighted by molar-refractivity contribution is 9.11. The van der Waals surface area contributed by atoms with Crippen LogP contribution in [-0.4, -0.2) is 0 Å². The fourth-order valence-corrected chi connectivity index (χ4v) is 4.22. The van der Waals surface area contributed by atoms with Gasteiger partial charge in [0.05, 0.1) is 9.83 Å². The molecule has 0 aliphatic carbocycles. The second-order valence-corrected chi connectivity index (χ2v) is 7.37. The number of nitrogens with two attached hydrogens (primary N) is 1. The molecule has 2 nitrogen and oxygen atoms in total. The van der Waals surface area contributed by atoms with Gasteiger partial charge in [-0.2, -0.15) is 0 Å². The lowest BCUT2D eigenvalue weighted by molar-refractivity contribution is 0.656. The van der Waals surface area contributed by atoms with Gasteiger partial charge in [-0.05, 0) is 53.5 Å². The van der Waals surface area contributed by atoms with E-state index in [9.17, 15) is 0 Å². The molecular weight excluding hydrogens is 304 g/mol. The summed E-state index contributed by atoms with van der Waals surface area (Å²) in [7, 11) is 0. The van der Waals surface area contributed by atoms with Gasteiger partial charge in [-0.1, -0.05) is 0 Å². The molecule has 0 aliphatic rings. The van der Waals surface area contributed by atoms with Crippen LogP contribution in [0, 0.1) is 13.8 Å². The Hall–Kier alpha value is -0.200. The first-order chi connectivity index (χ1) is 7.61. The number of rotatable bonds is 3. The minimum absolute atomic E-state index is 0.105. The van der Waals surface area contributed by atoms with E-state index >= 15 is 0 Å². The molecule has 2 rings (SSSR count). The molecule has 0 saturated carbocycles. The lowest BCUT2D eigenvalue weighted by Gasteiger charge is -2.11. The summed E-state index contributed by atoms with van der Waals surface area (Å²) in [5.74, 6) is 5.65. The Bertz CT molecular complexity index is 470. The Morgan fingerprint density at radius 3 is 2.44 bits per heavy atom. The van der Waals surface area contributed by atoms with E-state index in [4.69, 9.17) is 5.84 Å². The topological polar surface area (TPSA) is 38.0 Å². The van der Waals surface area contributed by atoms with E-state index in [1.807, 2.05) is 0 Å². The number of halogens is 1. The standard InChI is InChI=1S/C11H13BrN2S2/c1-6-5-9(16-11(6)12)10(14-13)8-4-3-7(2)15-8/h3-5,10,14H,13H2,1-2H3. The second-order valence-electron chi connectivity index (χ2n) is 3.65. The zero-order valence-corrected chi connectivity index (χ0v) is 12.3. The summed E-state index contributed by atoms with van der Waals surface area (Å²) >= 11 is 7.06. The number of aryl methyl sites for hydroxylation is 2. The first-order valence-electron chi connectivity index (χ1n) is 4.90. The van der Waals surface area contributed by atoms with Gasteiger partial charge in [0, 0.05) is 14.6 Å². The SMILES string of the molecule is Cc1ccc(C(NN)c2cc(C)c(Br)s2)s1. The van der Waals surface area contributed by atoms with Gasteiger partial charge in [0.15, 0.2) is 0 Å². The highest BCUT2D eigenvalue weighted by Crippen LogP contribution is 2.36. The highest BCUT2D eigenvalue weighted by Gasteiger charge is 2.17. The van der Waals surface area contributed by atoms with E-state index in [1.165, 1.54) is 24.0 Å². The summed E-state index contributed by atoms with van der Waals surface area (Å²) in [5.41, 5.74) is 4.15. The molecule has 0 aromatic carbocycles. The number of thiophene rings is 2. The van der Waals surface area contributed by atoms with Crippen molar-refractivity contribution in [3.63, 3.8) is 0 Å². The maximum Gasteiger partial charge on any atom is 0.0895 e. The molecule has 0 spiro atoms. The first-order valence-corrected chi connectivity index (χ1v) is 7.32. The van der Waals surface area contributed by atoms with Gasteiger partial charge in [0.25, 0.3) is 0 Å². The van der Waals surface area contributed by atoms with Crippen molar-refractivity contribution in [3.05, 3.63) is 42.2 Å². The molecule has 1 atom stereocenters. The zero-order chi connectivity index (χ0) is 11.7. The monoisotopic (exact) mass is 316 g/mol. The van der Waals surface area contributed by atoms with Crippen molar-refractivity contribution >= 4 is 38.6 Å². The molecular formula is C11H13BrN2S2. The smallest absolute Gasteiger partial charge is 0.0895 e. The number of nitrogens with one attached hydrogen (secondary N) is 1. The number of hydrogen-bond donors (Lipinski definition) is 2. The van der Waals surface area contributed by atoms with Gasteiger partial charge in [-0.15, -0.1) is 22.7 Å². The van der Waals surface area contributed by atoms with Crippen LogP contribution in [0.5, 0.6) is 0 Å². The molecule has 16 heavy (non-hydrogen) atoms. The van der Waals surface area contributed by atoms with Crippen LogP contribution in [0.1, 0.15) is 26.2 Å². The maximum atomic E-state index is 5.65. The molecule has 0 bridgehead atoms. The molecule has 5 heteroatoms. The average molecular weight is 317 g/mol. The van der Waals surface area contributed by atoms with E-state index in [0.717, 1.165) is 0 Å². The van der Waals surface area contributed by atoms with Crippen LogP contribution < -0.4 is 11.3 Å². The summed E-state index contributed by atoms with van der Waals surface area (Å²) < 4.78 is 1.18. The zero-order valence-electron chi connectivity index (χ0n) is 9.08. The van der Waals surface area contributed by atoms with Crippen molar-refractivity contribution in [3.8, 4) is 0 Å². The van der Waals surface area contributed by atoms with E-state index in [1.54, 1.807) is 22.7 Å². The van der Waals surface area contributed by atoms with Crippen LogP contribution in [0.4, 0.5) is 0 Å². The normalized spacial score (nSPS) is 13.0. The summed E-state index contributed by atoms with van der Waals surface area (Å²) in [6, 6.07) is 6.54. The van der Waals surface area contributed by atoms with Crippen LogP contribution in [0.3, 0.4) is 0 Å². The molecule has 2 aromatic heterocycles. The lowest BCUT2D eigenvalue weighted by atomic mass is 10.2. The van der Waals surface area contributed by atoms with Crippen molar-refractivity contribution < 1.29 is 0 Å². The molecule has 0 amide bonds. The van der Waals surface area contributed by atoms with Crippen molar-refractivity contribution in [2.75, 3.05) is 0 Å². The molecule has 3 N–H and O–H groups in total. The maximum absolute atomic E-state index is 5.65. The van der Waals surface area contributed by atoms with Crippen LogP contribution in [0.2, 0.25) is 0 Å². The molecule has 86 valence electrons. The predicted molar refractivity (Wildman–Crippen MR) is 75.0 cm³/mol. The van der Waals surface area contributed by atoms with Gasteiger partial charge >= 0.3 is 0 Å². The van der Waals surface area contributed by atoms with Crippen molar-refractivity contribution in [1.82, 2.24) is 5.43 Å². The van der Waals surface area contributed by atoms with E-state index in [-0.39, 0.29) is 6.04 Å². The van der Waals surface area contributed by atoms with Crippen LogP contribution in [0.15, 0.2) is 22.0 Å². The first kappa shape index (κ1) is 12.3. The van der Waals surface area contributed by atoms with E-state index in [2.05, 4.69) is 53.4 Å². The van der Waals surface area contributed by atoms with Crippen molar-refractivity contribution in [2.24, 2.45) is 5.84 Å². The molecule has 0 saturated heterocycles. The summed E-state index contributed by atoms with van der Waals surface area (Å²) in [6.07, 6.45) is 0. The van der Waals surface area contributed by atoms with Gasteiger partial charge in [0.1, 0.15) is 0 Å².